The molecule has 1 aromatic heterocycles. The Morgan fingerprint density at radius 2 is 2.35 bits per heavy atom. The van der Waals surface area contributed by atoms with Crippen molar-refractivity contribution in [3.8, 4) is 11.8 Å². The first-order chi connectivity index (χ1) is 9.53. The number of nitrogens with zero attached hydrogens (tertiary/aromatic N) is 1. The van der Waals surface area contributed by atoms with Crippen molar-refractivity contribution >= 4 is 5.91 Å². The standard InChI is InChI=1S/C16H21N3O/c1-16(2)7-3-6-14(16)19-15(20)13-9-12(5-4-8-17)10-18-11-13/h9-11,14H,3,6-8,17H2,1-2H3,(H,19,20). The molecule has 4 nitrogen and oxygen atoms in total. The Balaban J connectivity index is 2.09. The van der Waals surface area contributed by atoms with Crippen LogP contribution in [-0.2, 0) is 0 Å². The van der Waals surface area contributed by atoms with E-state index in [0.29, 0.717) is 17.7 Å². The second-order valence-corrected chi connectivity index (χ2v) is 5.88. The number of nitrogens with two attached hydrogens (primary N) is 1. The summed E-state index contributed by atoms with van der Waals surface area (Å²) in [5.41, 5.74) is 6.78. The first-order valence-corrected chi connectivity index (χ1v) is 6.98. The van der Waals surface area contributed by atoms with Crippen LogP contribution in [-0.4, -0.2) is 23.5 Å². The molecule has 2 rings (SSSR count). The van der Waals surface area contributed by atoms with Gasteiger partial charge in [-0.05, 0) is 24.3 Å². The predicted octanol–water partition coefficient (Wildman–Crippen LogP) is 1.70. The summed E-state index contributed by atoms with van der Waals surface area (Å²) in [4.78, 5) is 16.4. The largest absolute Gasteiger partial charge is 0.349 e. The van der Waals surface area contributed by atoms with Crippen LogP contribution in [0.5, 0.6) is 0 Å². The maximum atomic E-state index is 12.3. The fourth-order valence-corrected chi connectivity index (χ4v) is 2.62. The number of carbonyl (C=O) groups is 1. The molecule has 1 aliphatic rings. The lowest BCUT2D eigenvalue weighted by atomic mass is 9.87. The molecule has 1 heterocycles. The fraction of sp³-hybridized carbons (Fsp3) is 0.500. The van der Waals surface area contributed by atoms with Gasteiger partial charge in [0.1, 0.15) is 0 Å². The van der Waals surface area contributed by atoms with Crippen LogP contribution in [0.2, 0.25) is 0 Å². The topological polar surface area (TPSA) is 68.0 Å². The summed E-state index contributed by atoms with van der Waals surface area (Å²) in [6, 6.07) is 1.99. The van der Waals surface area contributed by atoms with E-state index in [9.17, 15) is 4.79 Å². The van der Waals surface area contributed by atoms with E-state index in [1.807, 2.05) is 0 Å². The molecule has 1 atom stereocenters. The van der Waals surface area contributed by atoms with Gasteiger partial charge in [-0.3, -0.25) is 9.78 Å². The molecule has 1 aromatic rings. The molecule has 0 spiro atoms. The number of rotatable bonds is 2. The minimum atomic E-state index is -0.0751. The van der Waals surface area contributed by atoms with Crippen molar-refractivity contribution in [2.75, 3.05) is 6.54 Å². The second kappa shape index (κ2) is 6.06. The van der Waals surface area contributed by atoms with Gasteiger partial charge in [0, 0.05) is 24.0 Å². The summed E-state index contributed by atoms with van der Waals surface area (Å²) in [5.74, 6) is 5.58. The molecule has 0 aliphatic heterocycles. The summed E-state index contributed by atoms with van der Waals surface area (Å²) in [6.45, 7) is 4.70. The molecule has 1 unspecified atom stereocenters. The summed E-state index contributed by atoms with van der Waals surface area (Å²) < 4.78 is 0. The maximum Gasteiger partial charge on any atom is 0.253 e. The Hall–Kier alpha value is -1.86. The van der Waals surface area contributed by atoms with Crippen LogP contribution in [0, 0.1) is 17.3 Å². The van der Waals surface area contributed by atoms with Gasteiger partial charge in [0.2, 0.25) is 0 Å². The van der Waals surface area contributed by atoms with Crippen molar-refractivity contribution in [1.82, 2.24) is 10.3 Å². The second-order valence-electron chi connectivity index (χ2n) is 5.88. The summed E-state index contributed by atoms with van der Waals surface area (Å²) in [6.07, 6.45) is 6.57. The van der Waals surface area contributed by atoms with Gasteiger partial charge < -0.3 is 11.1 Å². The summed E-state index contributed by atoms with van der Waals surface area (Å²) in [7, 11) is 0. The number of hydrogen-bond acceptors (Lipinski definition) is 3. The first kappa shape index (κ1) is 14.5. The molecule has 1 saturated carbocycles. The van der Waals surface area contributed by atoms with Crippen LogP contribution in [0.1, 0.15) is 49.0 Å². The molecule has 4 heteroatoms. The molecule has 1 aliphatic carbocycles. The highest BCUT2D eigenvalue weighted by Crippen LogP contribution is 2.37. The Bertz CT molecular complexity index is 554. The van der Waals surface area contributed by atoms with Crippen molar-refractivity contribution < 1.29 is 4.79 Å². The Morgan fingerprint density at radius 1 is 1.55 bits per heavy atom. The zero-order chi connectivity index (χ0) is 14.6. The van der Waals surface area contributed by atoms with Crippen molar-refractivity contribution in [2.45, 2.75) is 39.2 Å². The molecule has 0 aromatic carbocycles. The summed E-state index contributed by atoms with van der Waals surface area (Å²) >= 11 is 0. The number of nitrogens with one attached hydrogen (secondary N) is 1. The van der Waals surface area contributed by atoms with Crippen LogP contribution in [0.15, 0.2) is 18.5 Å². The number of pyridine rings is 1. The van der Waals surface area contributed by atoms with Crippen LogP contribution in [0.25, 0.3) is 0 Å². The van der Waals surface area contributed by atoms with E-state index in [-0.39, 0.29) is 17.4 Å². The summed E-state index contributed by atoms with van der Waals surface area (Å²) in [5, 5.41) is 3.12. The predicted molar refractivity (Wildman–Crippen MR) is 79.1 cm³/mol. The molecular formula is C16H21N3O. The van der Waals surface area contributed by atoms with E-state index in [1.165, 1.54) is 0 Å². The van der Waals surface area contributed by atoms with Crippen LogP contribution in [0.4, 0.5) is 0 Å². The third-order valence-electron chi connectivity index (χ3n) is 3.90. The van der Waals surface area contributed by atoms with Crippen molar-refractivity contribution in [3.63, 3.8) is 0 Å². The van der Waals surface area contributed by atoms with E-state index in [0.717, 1.165) is 19.3 Å². The van der Waals surface area contributed by atoms with Gasteiger partial charge in [0.05, 0.1) is 12.1 Å². The highest BCUT2D eigenvalue weighted by molar-refractivity contribution is 5.94. The zero-order valence-corrected chi connectivity index (χ0v) is 12.1. The molecule has 0 bridgehead atoms. The van der Waals surface area contributed by atoms with Crippen molar-refractivity contribution in [3.05, 3.63) is 29.6 Å². The third-order valence-corrected chi connectivity index (χ3v) is 3.90. The fourth-order valence-electron chi connectivity index (χ4n) is 2.62. The van der Waals surface area contributed by atoms with Crippen LogP contribution in [0.3, 0.4) is 0 Å². The highest BCUT2D eigenvalue weighted by atomic mass is 16.1. The molecular weight excluding hydrogens is 250 g/mol. The van der Waals surface area contributed by atoms with Crippen LogP contribution >= 0.6 is 0 Å². The molecule has 3 N–H and O–H groups in total. The smallest absolute Gasteiger partial charge is 0.253 e. The van der Waals surface area contributed by atoms with E-state index < -0.39 is 0 Å². The minimum absolute atomic E-state index is 0.0751. The van der Waals surface area contributed by atoms with Crippen LogP contribution < -0.4 is 11.1 Å². The van der Waals surface area contributed by atoms with Gasteiger partial charge >= 0.3 is 0 Å². The highest BCUT2D eigenvalue weighted by Gasteiger charge is 2.35. The van der Waals surface area contributed by atoms with Gasteiger partial charge in [-0.1, -0.05) is 32.1 Å². The monoisotopic (exact) mass is 271 g/mol. The van der Waals surface area contributed by atoms with Crippen molar-refractivity contribution in [2.24, 2.45) is 11.1 Å². The number of hydrogen-bond donors (Lipinski definition) is 2. The molecule has 1 fully saturated rings. The quantitative estimate of drug-likeness (QED) is 0.804. The first-order valence-electron chi connectivity index (χ1n) is 6.98. The Labute approximate surface area is 120 Å². The lowest BCUT2D eigenvalue weighted by molar-refractivity contribution is 0.0909. The average Bonchev–Trinajstić information content (AvgIpc) is 2.76. The number of carbonyl (C=O) groups excluding carboxylic acids is 1. The Morgan fingerprint density at radius 3 is 3.00 bits per heavy atom. The lowest BCUT2D eigenvalue weighted by Crippen LogP contribution is -2.41. The molecule has 0 saturated heterocycles. The Kier molecular flexibility index (Phi) is 4.41. The van der Waals surface area contributed by atoms with Crippen molar-refractivity contribution in [1.29, 1.82) is 0 Å². The van der Waals surface area contributed by atoms with Gasteiger partial charge in [-0.2, -0.15) is 0 Å². The van der Waals surface area contributed by atoms with E-state index in [1.54, 1.807) is 18.5 Å². The van der Waals surface area contributed by atoms with Gasteiger partial charge in [-0.25, -0.2) is 0 Å². The normalized spacial score (nSPS) is 20.1. The molecule has 106 valence electrons. The molecule has 0 radical (unpaired) electrons. The number of aromatic nitrogens is 1. The lowest BCUT2D eigenvalue weighted by Gasteiger charge is -2.27. The number of amides is 1. The molecule has 1 amide bonds. The van der Waals surface area contributed by atoms with Gasteiger partial charge in [0.15, 0.2) is 0 Å². The molecule has 20 heavy (non-hydrogen) atoms. The third kappa shape index (κ3) is 3.37. The van der Waals surface area contributed by atoms with E-state index in [2.05, 4.69) is 36.0 Å². The average molecular weight is 271 g/mol. The van der Waals surface area contributed by atoms with Gasteiger partial charge in [-0.15, -0.1) is 0 Å². The zero-order valence-electron chi connectivity index (χ0n) is 12.1. The SMILES string of the molecule is CC1(C)CCCC1NC(=O)c1cncc(C#CCN)c1. The minimum Gasteiger partial charge on any atom is -0.349 e. The van der Waals surface area contributed by atoms with E-state index >= 15 is 0 Å². The maximum absolute atomic E-state index is 12.3. The van der Waals surface area contributed by atoms with Gasteiger partial charge in [0.25, 0.3) is 5.91 Å². The van der Waals surface area contributed by atoms with E-state index in [4.69, 9.17) is 5.73 Å².